The van der Waals surface area contributed by atoms with Gasteiger partial charge < -0.3 is 14.4 Å². The summed E-state index contributed by atoms with van der Waals surface area (Å²) < 4.78 is 47.5. The molecule has 8 heteroatoms. The minimum absolute atomic E-state index is 0.263. The van der Waals surface area contributed by atoms with E-state index in [-0.39, 0.29) is 11.5 Å². The largest absolute Gasteiger partial charge is 0.493 e. The fourth-order valence-corrected chi connectivity index (χ4v) is 4.75. The molecule has 0 aromatic heterocycles. The van der Waals surface area contributed by atoms with Gasteiger partial charge in [-0.05, 0) is 31.6 Å². The number of methoxy groups -OCH3 is 1. The second-order valence-electron chi connectivity index (χ2n) is 6.92. The van der Waals surface area contributed by atoms with E-state index < -0.39 is 16.5 Å². The van der Waals surface area contributed by atoms with E-state index in [0.717, 1.165) is 30.8 Å². The molecule has 1 unspecified atom stereocenters. The van der Waals surface area contributed by atoms with Gasteiger partial charge in [0, 0.05) is 18.5 Å². The van der Waals surface area contributed by atoms with Gasteiger partial charge in [-0.2, -0.15) is 8.42 Å². The van der Waals surface area contributed by atoms with Crippen molar-refractivity contribution in [3.8, 4) is 11.5 Å². The minimum Gasteiger partial charge on any atom is -0.493 e. The molecule has 2 heterocycles. The first-order chi connectivity index (χ1) is 11.8. The van der Waals surface area contributed by atoms with Gasteiger partial charge >= 0.3 is 10.4 Å². The first kappa shape index (κ1) is 16.8. The van der Waals surface area contributed by atoms with Gasteiger partial charge in [-0.25, -0.2) is 4.18 Å². The third-order valence-corrected chi connectivity index (χ3v) is 5.87. The maximum absolute atomic E-state index is 11.1. The molecule has 0 radical (unpaired) electrons. The minimum atomic E-state index is -4.51. The molecule has 1 spiro atoms. The van der Waals surface area contributed by atoms with Crippen molar-refractivity contribution in [2.45, 2.75) is 37.0 Å². The molecule has 136 valence electrons. The Morgan fingerprint density at radius 2 is 2.20 bits per heavy atom. The summed E-state index contributed by atoms with van der Waals surface area (Å²) in [4.78, 5) is 2.26. The second-order valence-corrected chi connectivity index (χ2v) is 7.97. The lowest BCUT2D eigenvalue weighted by molar-refractivity contribution is 0.0890. The van der Waals surface area contributed by atoms with Crippen molar-refractivity contribution >= 4 is 10.4 Å². The molecule has 7 nitrogen and oxygen atoms in total. The lowest BCUT2D eigenvalue weighted by Gasteiger charge is -2.36. The van der Waals surface area contributed by atoms with Crippen LogP contribution in [0.15, 0.2) is 24.3 Å². The number of rotatable bonds is 3. The van der Waals surface area contributed by atoms with E-state index in [1.165, 1.54) is 5.56 Å². The van der Waals surface area contributed by atoms with Crippen LogP contribution in [0, 0.1) is 0 Å². The van der Waals surface area contributed by atoms with Crippen LogP contribution in [0.4, 0.5) is 0 Å². The lowest BCUT2D eigenvalue weighted by atomic mass is 9.69. The number of hydrogen-bond donors (Lipinski definition) is 1. The molecule has 1 aliphatic carbocycles. The maximum Gasteiger partial charge on any atom is 0.397 e. The molecule has 3 atom stereocenters. The highest BCUT2D eigenvalue weighted by atomic mass is 32.3. The summed E-state index contributed by atoms with van der Waals surface area (Å²) in [6.45, 7) is 1.72. The Bertz CT molecular complexity index is 836. The molecule has 1 aromatic rings. The highest BCUT2D eigenvalue weighted by Gasteiger charge is 2.53. The van der Waals surface area contributed by atoms with E-state index in [4.69, 9.17) is 18.2 Å². The normalized spacial score (nSPS) is 31.0. The fourth-order valence-electron chi connectivity index (χ4n) is 4.29. The Balaban J connectivity index is 1.81. The van der Waals surface area contributed by atoms with Crippen molar-refractivity contribution in [1.29, 1.82) is 0 Å². The summed E-state index contributed by atoms with van der Waals surface area (Å²) in [5, 5.41) is 0. The van der Waals surface area contributed by atoms with Crippen molar-refractivity contribution < 1.29 is 26.6 Å². The molecule has 25 heavy (non-hydrogen) atoms. The molecule has 0 amide bonds. The van der Waals surface area contributed by atoms with Crippen molar-refractivity contribution in [3.63, 3.8) is 0 Å². The van der Waals surface area contributed by atoms with Crippen LogP contribution in [-0.4, -0.2) is 50.8 Å². The summed E-state index contributed by atoms with van der Waals surface area (Å²) in [5.74, 6) is 1.41. The van der Waals surface area contributed by atoms with Crippen LogP contribution in [0.1, 0.15) is 24.0 Å². The highest BCUT2D eigenvalue weighted by molar-refractivity contribution is 7.80. The third-order valence-electron chi connectivity index (χ3n) is 5.38. The number of benzene rings is 1. The topological polar surface area (TPSA) is 85.3 Å². The first-order valence-corrected chi connectivity index (χ1v) is 9.59. The summed E-state index contributed by atoms with van der Waals surface area (Å²) in [6.07, 6.45) is 3.91. The van der Waals surface area contributed by atoms with Crippen molar-refractivity contribution in [3.05, 3.63) is 35.4 Å². The van der Waals surface area contributed by atoms with Gasteiger partial charge in [0.15, 0.2) is 11.5 Å². The Hall–Kier alpha value is -1.61. The van der Waals surface area contributed by atoms with Gasteiger partial charge in [-0.15, -0.1) is 0 Å². The third kappa shape index (κ3) is 2.73. The molecular formula is C17H21NO6S. The van der Waals surface area contributed by atoms with Crippen LogP contribution in [0.3, 0.4) is 0 Å². The average Bonchev–Trinajstić information content (AvgIpc) is 2.79. The molecule has 0 saturated heterocycles. The van der Waals surface area contributed by atoms with Crippen LogP contribution in [-0.2, 0) is 26.5 Å². The maximum atomic E-state index is 11.1. The van der Waals surface area contributed by atoms with Crippen LogP contribution < -0.4 is 9.47 Å². The Morgan fingerprint density at radius 3 is 2.92 bits per heavy atom. The van der Waals surface area contributed by atoms with E-state index in [1.807, 2.05) is 12.1 Å². The molecule has 0 saturated carbocycles. The molecule has 1 aromatic carbocycles. The van der Waals surface area contributed by atoms with Crippen molar-refractivity contribution in [2.24, 2.45) is 0 Å². The van der Waals surface area contributed by atoms with Gasteiger partial charge in [-0.3, -0.25) is 4.55 Å². The highest BCUT2D eigenvalue weighted by Crippen LogP contribution is 2.55. The zero-order valence-electron chi connectivity index (χ0n) is 14.1. The van der Waals surface area contributed by atoms with Gasteiger partial charge in [0.1, 0.15) is 12.2 Å². The zero-order valence-corrected chi connectivity index (χ0v) is 15.0. The van der Waals surface area contributed by atoms with Crippen LogP contribution >= 0.6 is 0 Å². The number of ether oxygens (including phenoxy) is 2. The summed E-state index contributed by atoms with van der Waals surface area (Å²) in [5.41, 5.74) is 1.99. The molecule has 3 aliphatic rings. The van der Waals surface area contributed by atoms with Crippen molar-refractivity contribution in [1.82, 2.24) is 4.90 Å². The standard InChI is InChI=1S/C17H21NO6S/c1-18-8-7-17-6-5-12(24-25(19,20)21)9-14(17)23-16-13(22-2)4-3-11(10-18)15(16)17/h3-6,12,14H,7-10H2,1-2H3,(H,19,20,21)/t12-,14?,17-/m0/s1. The summed E-state index contributed by atoms with van der Waals surface area (Å²) in [7, 11) is -0.815. The molecule has 0 bridgehead atoms. The fraction of sp³-hybridized carbons (Fsp3) is 0.529. The van der Waals surface area contributed by atoms with E-state index in [0.29, 0.717) is 12.2 Å². The van der Waals surface area contributed by atoms with Crippen LogP contribution in [0.2, 0.25) is 0 Å². The summed E-state index contributed by atoms with van der Waals surface area (Å²) in [6, 6.07) is 3.98. The average molecular weight is 367 g/mol. The molecule has 0 fully saturated rings. The molecule has 2 aliphatic heterocycles. The summed E-state index contributed by atoms with van der Waals surface area (Å²) >= 11 is 0. The molecular weight excluding hydrogens is 346 g/mol. The first-order valence-electron chi connectivity index (χ1n) is 8.23. The van der Waals surface area contributed by atoms with Crippen molar-refractivity contribution in [2.75, 3.05) is 20.7 Å². The van der Waals surface area contributed by atoms with E-state index in [1.54, 1.807) is 13.2 Å². The predicted octanol–water partition coefficient (Wildman–Crippen LogP) is 1.68. The smallest absolute Gasteiger partial charge is 0.397 e. The quantitative estimate of drug-likeness (QED) is 0.642. The van der Waals surface area contributed by atoms with Gasteiger partial charge in [0.05, 0.1) is 12.5 Å². The Labute approximate surface area is 147 Å². The lowest BCUT2D eigenvalue weighted by Crippen LogP contribution is -2.43. The predicted molar refractivity (Wildman–Crippen MR) is 90.2 cm³/mol. The second kappa shape index (κ2) is 5.70. The SMILES string of the molecule is COc1ccc2c3c1OC1C[C@@H](OS(=O)(=O)O)C=C[C@@]31CCN(C)C2. The van der Waals surface area contributed by atoms with Gasteiger partial charge in [0.25, 0.3) is 0 Å². The molecule has 1 N–H and O–H groups in total. The van der Waals surface area contributed by atoms with Crippen LogP contribution in [0.25, 0.3) is 0 Å². The van der Waals surface area contributed by atoms with E-state index in [2.05, 4.69) is 18.0 Å². The number of nitrogens with zero attached hydrogens (tertiary/aromatic N) is 1. The van der Waals surface area contributed by atoms with E-state index in [9.17, 15) is 8.42 Å². The van der Waals surface area contributed by atoms with Gasteiger partial charge in [0.2, 0.25) is 0 Å². The van der Waals surface area contributed by atoms with E-state index >= 15 is 0 Å². The Morgan fingerprint density at radius 1 is 1.40 bits per heavy atom. The monoisotopic (exact) mass is 367 g/mol. The van der Waals surface area contributed by atoms with Gasteiger partial charge in [-0.1, -0.05) is 18.2 Å². The Kier molecular flexibility index (Phi) is 3.84. The molecule has 4 rings (SSSR count). The number of hydrogen-bond acceptors (Lipinski definition) is 6. The zero-order chi connectivity index (χ0) is 17.8. The van der Waals surface area contributed by atoms with Crippen LogP contribution in [0.5, 0.6) is 11.5 Å².